The van der Waals surface area contributed by atoms with Gasteiger partial charge in [-0.25, -0.2) is 8.78 Å². The van der Waals surface area contributed by atoms with Gasteiger partial charge in [-0.1, -0.05) is 0 Å². The summed E-state index contributed by atoms with van der Waals surface area (Å²) in [5.41, 5.74) is 0. The minimum absolute atomic E-state index is 0.102. The molecule has 1 N–H and O–H groups in total. The Hall–Kier alpha value is -0.490. The SMILES string of the molecule is O=C(NCc1cc(Br)cs1)C1CCC(F)(F)CC1. The van der Waals surface area contributed by atoms with Crippen molar-refractivity contribution < 1.29 is 13.6 Å². The molecule has 0 aliphatic heterocycles. The predicted molar refractivity (Wildman–Crippen MR) is 70.8 cm³/mol. The Morgan fingerprint density at radius 3 is 2.72 bits per heavy atom. The molecule has 0 radical (unpaired) electrons. The topological polar surface area (TPSA) is 29.1 Å². The summed E-state index contributed by atoms with van der Waals surface area (Å²) in [5, 5.41) is 4.76. The molecule has 1 aliphatic rings. The molecular formula is C12H14BrF2NOS. The van der Waals surface area contributed by atoms with Gasteiger partial charge in [-0.15, -0.1) is 11.3 Å². The number of hydrogen-bond acceptors (Lipinski definition) is 2. The lowest BCUT2D eigenvalue weighted by atomic mass is 9.86. The van der Waals surface area contributed by atoms with Gasteiger partial charge in [0.05, 0.1) is 6.54 Å². The number of rotatable bonds is 3. The van der Waals surface area contributed by atoms with E-state index in [0.29, 0.717) is 6.54 Å². The van der Waals surface area contributed by atoms with Crippen molar-refractivity contribution in [3.63, 3.8) is 0 Å². The van der Waals surface area contributed by atoms with Crippen molar-refractivity contribution in [2.24, 2.45) is 5.92 Å². The number of thiophene rings is 1. The van der Waals surface area contributed by atoms with Gasteiger partial charge in [-0.3, -0.25) is 4.79 Å². The Bertz CT molecular complexity index is 425. The average Bonchev–Trinajstić information content (AvgIpc) is 2.72. The van der Waals surface area contributed by atoms with Crippen LogP contribution in [0.4, 0.5) is 8.78 Å². The van der Waals surface area contributed by atoms with Gasteiger partial charge in [0.25, 0.3) is 0 Å². The van der Waals surface area contributed by atoms with Crippen LogP contribution in [-0.4, -0.2) is 11.8 Å². The zero-order valence-corrected chi connectivity index (χ0v) is 12.1. The molecule has 0 spiro atoms. The molecule has 2 rings (SSSR count). The van der Waals surface area contributed by atoms with Gasteiger partial charge in [-0.05, 0) is 34.8 Å². The van der Waals surface area contributed by atoms with Gasteiger partial charge < -0.3 is 5.32 Å². The highest BCUT2D eigenvalue weighted by Gasteiger charge is 2.37. The molecule has 2 nitrogen and oxygen atoms in total. The van der Waals surface area contributed by atoms with Gasteiger partial charge in [0, 0.05) is 33.5 Å². The van der Waals surface area contributed by atoms with E-state index in [0.717, 1.165) is 9.35 Å². The normalized spacial score (nSPS) is 19.7. The average molecular weight is 338 g/mol. The standard InChI is InChI=1S/C12H14BrF2NOS/c13-9-5-10(18-7-9)6-16-11(17)8-1-3-12(14,15)4-2-8/h5,7-8H,1-4,6H2,(H,16,17). The first-order valence-electron chi connectivity index (χ1n) is 5.85. The van der Waals surface area contributed by atoms with E-state index in [2.05, 4.69) is 21.2 Å². The second kappa shape index (κ2) is 5.65. The fraction of sp³-hybridized carbons (Fsp3) is 0.583. The third kappa shape index (κ3) is 3.75. The predicted octanol–water partition coefficient (Wildman–Crippen LogP) is 3.95. The lowest BCUT2D eigenvalue weighted by Gasteiger charge is -2.27. The fourth-order valence-corrected chi connectivity index (χ4v) is 3.46. The van der Waals surface area contributed by atoms with Gasteiger partial charge in [-0.2, -0.15) is 0 Å². The molecule has 1 amide bonds. The molecule has 0 bridgehead atoms. The Labute approximate surface area is 117 Å². The van der Waals surface area contributed by atoms with Crippen LogP contribution in [0.25, 0.3) is 0 Å². The summed E-state index contributed by atoms with van der Waals surface area (Å²) in [4.78, 5) is 12.9. The van der Waals surface area contributed by atoms with Crippen molar-refractivity contribution in [3.8, 4) is 0 Å². The van der Waals surface area contributed by atoms with Gasteiger partial charge in [0.1, 0.15) is 0 Å². The van der Waals surface area contributed by atoms with Crippen molar-refractivity contribution >= 4 is 33.2 Å². The quantitative estimate of drug-likeness (QED) is 0.888. The summed E-state index contributed by atoms with van der Waals surface area (Å²) in [5.74, 6) is -2.93. The number of alkyl halides is 2. The summed E-state index contributed by atoms with van der Waals surface area (Å²) < 4.78 is 26.9. The van der Waals surface area contributed by atoms with Crippen LogP contribution in [0.3, 0.4) is 0 Å². The number of halogens is 3. The molecule has 1 aromatic rings. The van der Waals surface area contributed by atoms with Gasteiger partial charge in [0.15, 0.2) is 0 Å². The molecule has 0 aromatic carbocycles. The zero-order chi connectivity index (χ0) is 13.2. The molecule has 100 valence electrons. The van der Waals surface area contributed by atoms with Crippen LogP contribution in [0.15, 0.2) is 15.9 Å². The van der Waals surface area contributed by atoms with Gasteiger partial charge in [0.2, 0.25) is 11.8 Å². The lowest BCUT2D eigenvalue weighted by molar-refractivity contribution is -0.129. The molecular weight excluding hydrogens is 324 g/mol. The van der Waals surface area contributed by atoms with Crippen LogP contribution in [0.5, 0.6) is 0 Å². The summed E-state index contributed by atoms with van der Waals surface area (Å²) in [6.07, 6.45) is 0.227. The van der Waals surface area contributed by atoms with E-state index in [1.54, 1.807) is 11.3 Å². The maximum Gasteiger partial charge on any atom is 0.248 e. The fourth-order valence-electron chi connectivity index (χ4n) is 2.07. The highest BCUT2D eigenvalue weighted by atomic mass is 79.9. The summed E-state index contributed by atoms with van der Waals surface area (Å²) in [6, 6.07) is 1.94. The molecule has 1 aliphatic carbocycles. The van der Waals surface area contributed by atoms with Crippen molar-refractivity contribution in [3.05, 3.63) is 20.8 Å². The Morgan fingerprint density at radius 2 is 2.17 bits per heavy atom. The number of carbonyl (C=O) groups is 1. The minimum Gasteiger partial charge on any atom is -0.351 e. The van der Waals surface area contributed by atoms with Crippen molar-refractivity contribution in [1.29, 1.82) is 0 Å². The summed E-state index contributed by atoms with van der Waals surface area (Å²) >= 11 is 4.90. The second-order valence-corrected chi connectivity index (χ2v) is 6.49. The molecule has 18 heavy (non-hydrogen) atoms. The number of nitrogens with one attached hydrogen (secondary N) is 1. The lowest BCUT2D eigenvalue weighted by Crippen LogP contribution is -2.35. The van der Waals surface area contributed by atoms with Crippen LogP contribution in [0, 0.1) is 5.92 Å². The van der Waals surface area contributed by atoms with Gasteiger partial charge >= 0.3 is 0 Å². The second-order valence-electron chi connectivity index (χ2n) is 4.58. The van der Waals surface area contributed by atoms with Crippen LogP contribution in [-0.2, 0) is 11.3 Å². The van der Waals surface area contributed by atoms with E-state index in [4.69, 9.17) is 0 Å². The molecule has 1 heterocycles. The smallest absolute Gasteiger partial charge is 0.248 e. The van der Waals surface area contributed by atoms with E-state index in [1.807, 2.05) is 11.4 Å². The first-order chi connectivity index (χ1) is 8.46. The van der Waals surface area contributed by atoms with E-state index in [9.17, 15) is 13.6 Å². The molecule has 1 fully saturated rings. The maximum absolute atomic E-state index is 13.0. The highest BCUT2D eigenvalue weighted by molar-refractivity contribution is 9.10. The van der Waals surface area contributed by atoms with Crippen molar-refractivity contribution in [2.75, 3.05) is 0 Å². The Morgan fingerprint density at radius 1 is 1.50 bits per heavy atom. The van der Waals surface area contributed by atoms with E-state index in [-0.39, 0.29) is 37.5 Å². The minimum atomic E-state index is -2.57. The summed E-state index contributed by atoms with van der Waals surface area (Å²) in [6.45, 7) is 0.474. The van der Waals surface area contributed by atoms with E-state index >= 15 is 0 Å². The molecule has 0 unspecified atom stereocenters. The van der Waals surface area contributed by atoms with E-state index < -0.39 is 5.92 Å². The molecule has 0 atom stereocenters. The third-order valence-corrected chi connectivity index (χ3v) is 4.84. The maximum atomic E-state index is 13.0. The number of amides is 1. The van der Waals surface area contributed by atoms with Crippen molar-refractivity contribution in [2.45, 2.75) is 38.2 Å². The van der Waals surface area contributed by atoms with Crippen LogP contribution >= 0.6 is 27.3 Å². The first-order valence-corrected chi connectivity index (χ1v) is 7.52. The molecule has 1 saturated carbocycles. The Kier molecular flexibility index (Phi) is 4.37. The van der Waals surface area contributed by atoms with Crippen molar-refractivity contribution in [1.82, 2.24) is 5.32 Å². The summed E-state index contributed by atoms with van der Waals surface area (Å²) in [7, 11) is 0. The third-order valence-electron chi connectivity index (χ3n) is 3.15. The van der Waals surface area contributed by atoms with E-state index in [1.165, 1.54) is 0 Å². The molecule has 6 heteroatoms. The number of hydrogen-bond donors (Lipinski definition) is 1. The molecule has 1 aromatic heterocycles. The Balaban J connectivity index is 1.79. The van der Waals surface area contributed by atoms with Crippen LogP contribution in [0.1, 0.15) is 30.6 Å². The number of carbonyl (C=O) groups excluding carboxylic acids is 1. The monoisotopic (exact) mass is 337 g/mol. The van der Waals surface area contributed by atoms with Crippen LogP contribution in [0.2, 0.25) is 0 Å². The molecule has 0 saturated heterocycles. The largest absolute Gasteiger partial charge is 0.351 e. The first kappa shape index (κ1) is 13.9. The zero-order valence-electron chi connectivity index (χ0n) is 9.72. The highest BCUT2D eigenvalue weighted by Crippen LogP contribution is 2.36. The van der Waals surface area contributed by atoms with Crippen LogP contribution < -0.4 is 5.32 Å².